The van der Waals surface area contributed by atoms with Crippen LogP contribution in [-0.4, -0.2) is 16.9 Å². The summed E-state index contributed by atoms with van der Waals surface area (Å²) in [5, 5.41) is 3.95. The molecule has 1 aliphatic rings. The predicted molar refractivity (Wildman–Crippen MR) is 77.5 cm³/mol. The van der Waals surface area contributed by atoms with E-state index in [0.717, 1.165) is 34.0 Å². The number of amides is 1. The van der Waals surface area contributed by atoms with Crippen molar-refractivity contribution in [1.82, 2.24) is 10.3 Å². The van der Waals surface area contributed by atoms with Gasteiger partial charge in [-0.05, 0) is 32.3 Å². The van der Waals surface area contributed by atoms with Crippen molar-refractivity contribution in [2.75, 3.05) is 0 Å². The molecule has 0 radical (unpaired) electrons. The minimum absolute atomic E-state index is 0.0253. The number of nitrogens with one attached hydrogen (secondary N) is 1. The number of hydrogen-bond acceptors (Lipinski definition) is 3. The van der Waals surface area contributed by atoms with Crippen LogP contribution < -0.4 is 5.32 Å². The van der Waals surface area contributed by atoms with Crippen LogP contribution in [-0.2, 0) is 0 Å². The van der Waals surface area contributed by atoms with Crippen LogP contribution in [0, 0.1) is 13.8 Å². The zero-order chi connectivity index (χ0) is 13.4. The average molecular weight is 272 g/mol. The third-order valence-electron chi connectivity index (χ3n) is 3.29. The summed E-state index contributed by atoms with van der Waals surface area (Å²) in [4.78, 5) is 17.4. The van der Waals surface area contributed by atoms with E-state index in [2.05, 4.69) is 29.4 Å². The first-order valence-corrected chi connectivity index (χ1v) is 7.31. The zero-order valence-electron chi connectivity index (χ0n) is 11.1. The minimum Gasteiger partial charge on any atom is -0.349 e. The van der Waals surface area contributed by atoms with Crippen molar-refractivity contribution in [2.24, 2.45) is 0 Å². The van der Waals surface area contributed by atoms with Gasteiger partial charge in [0.05, 0.1) is 5.69 Å². The summed E-state index contributed by atoms with van der Waals surface area (Å²) < 4.78 is 0. The van der Waals surface area contributed by atoms with Crippen LogP contribution in [0.3, 0.4) is 0 Å². The SMILES string of the molecule is Cc1ccccc1-c1nc(C)c(C(=O)NC2CC2)s1. The number of nitrogens with zero attached hydrogens (tertiary/aromatic N) is 1. The Hall–Kier alpha value is -1.68. The molecule has 1 amide bonds. The van der Waals surface area contributed by atoms with Crippen molar-refractivity contribution in [2.45, 2.75) is 32.7 Å². The Labute approximate surface area is 116 Å². The topological polar surface area (TPSA) is 42.0 Å². The number of thiazole rings is 1. The molecular formula is C15H16N2OS. The molecule has 0 aliphatic heterocycles. The van der Waals surface area contributed by atoms with Crippen LogP contribution in [0.5, 0.6) is 0 Å². The van der Waals surface area contributed by atoms with Crippen LogP contribution in [0.4, 0.5) is 0 Å². The molecule has 2 aromatic rings. The van der Waals surface area contributed by atoms with Crippen LogP contribution >= 0.6 is 11.3 Å². The minimum atomic E-state index is 0.0253. The van der Waals surface area contributed by atoms with E-state index in [4.69, 9.17) is 0 Å². The number of rotatable bonds is 3. The maximum atomic E-state index is 12.1. The fourth-order valence-corrected chi connectivity index (χ4v) is 3.07. The highest BCUT2D eigenvalue weighted by atomic mass is 32.1. The molecule has 3 nitrogen and oxygen atoms in total. The monoisotopic (exact) mass is 272 g/mol. The molecule has 98 valence electrons. The van der Waals surface area contributed by atoms with Gasteiger partial charge in [0, 0.05) is 11.6 Å². The summed E-state index contributed by atoms with van der Waals surface area (Å²) >= 11 is 1.48. The molecule has 1 aliphatic carbocycles. The zero-order valence-corrected chi connectivity index (χ0v) is 11.9. The lowest BCUT2D eigenvalue weighted by Gasteiger charge is -2.00. The summed E-state index contributed by atoms with van der Waals surface area (Å²) in [6.45, 7) is 3.97. The van der Waals surface area contributed by atoms with E-state index in [1.54, 1.807) is 0 Å². The predicted octanol–water partition coefficient (Wildman–Crippen LogP) is 3.32. The van der Waals surface area contributed by atoms with Crippen LogP contribution in [0.15, 0.2) is 24.3 Å². The molecule has 0 bridgehead atoms. The molecule has 19 heavy (non-hydrogen) atoms. The number of aryl methyl sites for hydroxylation is 2. The number of carbonyl (C=O) groups is 1. The fraction of sp³-hybridized carbons (Fsp3) is 0.333. The summed E-state index contributed by atoms with van der Waals surface area (Å²) in [6.07, 6.45) is 2.21. The first-order chi connectivity index (χ1) is 9.15. The Morgan fingerprint density at radius 3 is 2.74 bits per heavy atom. The third kappa shape index (κ3) is 2.54. The summed E-state index contributed by atoms with van der Waals surface area (Å²) in [5.74, 6) is 0.0253. The van der Waals surface area contributed by atoms with Gasteiger partial charge < -0.3 is 5.32 Å². The Balaban J connectivity index is 1.92. The van der Waals surface area contributed by atoms with Gasteiger partial charge in [0.15, 0.2) is 0 Å². The average Bonchev–Trinajstić information content (AvgIpc) is 3.10. The number of carbonyl (C=O) groups excluding carboxylic acids is 1. The fourth-order valence-electron chi connectivity index (χ4n) is 2.01. The maximum Gasteiger partial charge on any atom is 0.263 e. The highest BCUT2D eigenvalue weighted by molar-refractivity contribution is 7.17. The second kappa shape index (κ2) is 4.78. The molecule has 0 spiro atoms. The van der Waals surface area contributed by atoms with E-state index in [-0.39, 0.29) is 5.91 Å². The quantitative estimate of drug-likeness (QED) is 0.931. The van der Waals surface area contributed by atoms with E-state index in [1.165, 1.54) is 16.9 Å². The molecule has 1 fully saturated rings. The first kappa shape index (κ1) is 12.4. The molecule has 1 aromatic carbocycles. The van der Waals surface area contributed by atoms with Crippen molar-refractivity contribution in [3.8, 4) is 10.6 Å². The van der Waals surface area contributed by atoms with Gasteiger partial charge in [-0.2, -0.15) is 0 Å². The van der Waals surface area contributed by atoms with Crippen molar-refractivity contribution < 1.29 is 4.79 Å². The maximum absolute atomic E-state index is 12.1. The molecule has 0 saturated heterocycles. The van der Waals surface area contributed by atoms with Crippen LogP contribution in [0.25, 0.3) is 10.6 Å². The van der Waals surface area contributed by atoms with E-state index < -0.39 is 0 Å². The van der Waals surface area contributed by atoms with E-state index in [0.29, 0.717) is 6.04 Å². The lowest BCUT2D eigenvalue weighted by molar-refractivity contribution is 0.0954. The van der Waals surface area contributed by atoms with Crippen molar-refractivity contribution in [1.29, 1.82) is 0 Å². The summed E-state index contributed by atoms with van der Waals surface area (Å²) in [6, 6.07) is 8.52. The Bertz CT molecular complexity index is 629. The van der Waals surface area contributed by atoms with Crippen LogP contribution in [0.1, 0.15) is 33.8 Å². The van der Waals surface area contributed by atoms with Gasteiger partial charge in [-0.3, -0.25) is 4.79 Å². The van der Waals surface area contributed by atoms with Gasteiger partial charge in [0.2, 0.25) is 0 Å². The van der Waals surface area contributed by atoms with E-state index >= 15 is 0 Å². The van der Waals surface area contributed by atoms with Crippen LogP contribution in [0.2, 0.25) is 0 Å². The highest BCUT2D eigenvalue weighted by Crippen LogP contribution is 2.30. The molecule has 3 rings (SSSR count). The lowest BCUT2D eigenvalue weighted by atomic mass is 10.1. The van der Waals surface area contributed by atoms with E-state index in [9.17, 15) is 4.79 Å². The molecule has 0 unspecified atom stereocenters. The summed E-state index contributed by atoms with van der Waals surface area (Å²) in [5.41, 5.74) is 3.12. The normalized spacial score (nSPS) is 14.4. The van der Waals surface area contributed by atoms with Gasteiger partial charge in [0.25, 0.3) is 5.91 Å². The van der Waals surface area contributed by atoms with Crippen molar-refractivity contribution in [3.05, 3.63) is 40.4 Å². The van der Waals surface area contributed by atoms with Gasteiger partial charge >= 0.3 is 0 Å². The molecule has 1 N–H and O–H groups in total. The smallest absolute Gasteiger partial charge is 0.263 e. The number of benzene rings is 1. The highest BCUT2D eigenvalue weighted by Gasteiger charge is 2.26. The second-order valence-corrected chi connectivity index (χ2v) is 6.00. The van der Waals surface area contributed by atoms with Crippen molar-refractivity contribution >= 4 is 17.2 Å². The Morgan fingerprint density at radius 2 is 2.05 bits per heavy atom. The first-order valence-electron chi connectivity index (χ1n) is 6.49. The molecule has 1 aromatic heterocycles. The Kier molecular flexibility index (Phi) is 3.11. The molecule has 1 saturated carbocycles. The number of hydrogen-bond donors (Lipinski definition) is 1. The molecule has 0 atom stereocenters. The van der Waals surface area contributed by atoms with Crippen molar-refractivity contribution in [3.63, 3.8) is 0 Å². The van der Waals surface area contributed by atoms with E-state index in [1.807, 2.05) is 19.1 Å². The second-order valence-electron chi connectivity index (χ2n) is 5.00. The number of aromatic nitrogens is 1. The largest absolute Gasteiger partial charge is 0.349 e. The molecule has 1 heterocycles. The Morgan fingerprint density at radius 1 is 1.32 bits per heavy atom. The van der Waals surface area contributed by atoms with Gasteiger partial charge in [-0.1, -0.05) is 24.3 Å². The standard InChI is InChI=1S/C15H16N2OS/c1-9-5-3-4-6-12(9)15-16-10(2)13(19-15)14(18)17-11-7-8-11/h3-6,11H,7-8H2,1-2H3,(H,17,18). The summed E-state index contributed by atoms with van der Waals surface area (Å²) in [7, 11) is 0. The molecular weight excluding hydrogens is 256 g/mol. The third-order valence-corrected chi connectivity index (χ3v) is 4.48. The lowest BCUT2D eigenvalue weighted by Crippen LogP contribution is -2.25. The molecule has 4 heteroatoms. The van der Waals surface area contributed by atoms with Gasteiger partial charge in [-0.25, -0.2) is 4.98 Å². The van der Waals surface area contributed by atoms with Gasteiger partial charge in [0.1, 0.15) is 9.88 Å². The van der Waals surface area contributed by atoms with Gasteiger partial charge in [-0.15, -0.1) is 11.3 Å².